The molecule has 1 amide bonds. The molecule has 1 fully saturated rings. The quantitative estimate of drug-likeness (QED) is 0.866. The molecule has 1 aliphatic carbocycles. The predicted octanol–water partition coefficient (Wildman–Crippen LogP) is 2.02. The van der Waals surface area contributed by atoms with E-state index in [0.29, 0.717) is 24.6 Å². The van der Waals surface area contributed by atoms with Crippen LogP contribution in [0.25, 0.3) is 0 Å². The van der Waals surface area contributed by atoms with Crippen LogP contribution in [0.1, 0.15) is 69.1 Å². The van der Waals surface area contributed by atoms with E-state index >= 15 is 0 Å². The first-order valence-electron chi connectivity index (χ1n) is 7.35. The summed E-state index contributed by atoms with van der Waals surface area (Å²) < 4.78 is 1.98. The van der Waals surface area contributed by atoms with E-state index in [1.165, 1.54) is 12.8 Å². The molecule has 1 aromatic rings. The van der Waals surface area contributed by atoms with Gasteiger partial charge in [0.15, 0.2) is 0 Å². The Labute approximate surface area is 120 Å². The normalized spacial score (nSPS) is 17.1. The van der Waals surface area contributed by atoms with Crippen molar-refractivity contribution in [3.63, 3.8) is 0 Å². The van der Waals surface area contributed by atoms with Gasteiger partial charge in [-0.3, -0.25) is 9.48 Å². The second-order valence-electron chi connectivity index (χ2n) is 6.70. The monoisotopic (exact) mass is 279 g/mol. The number of aromatic nitrogens is 2. The van der Waals surface area contributed by atoms with Crippen LogP contribution in [0, 0.1) is 0 Å². The molecule has 1 aromatic heterocycles. The number of carbonyl (C=O) groups excluding carboxylic acids is 1. The molecule has 1 saturated carbocycles. The van der Waals surface area contributed by atoms with E-state index in [4.69, 9.17) is 0 Å². The van der Waals surface area contributed by atoms with E-state index in [9.17, 15) is 9.90 Å². The van der Waals surface area contributed by atoms with Crippen molar-refractivity contribution in [1.82, 2.24) is 15.1 Å². The summed E-state index contributed by atoms with van der Waals surface area (Å²) in [5.74, 6) is 0.399. The summed E-state index contributed by atoms with van der Waals surface area (Å²) in [6.45, 7) is 8.48. The summed E-state index contributed by atoms with van der Waals surface area (Å²) in [6.07, 6.45) is 2.53. The lowest BCUT2D eigenvalue weighted by molar-refractivity contribution is 0.0939. The fraction of sp³-hybridized carbons (Fsp3) is 0.733. The van der Waals surface area contributed by atoms with E-state index in [-0.39, 0.29) is 11.4 Å². The van der Waals surface area contributed by atoms with Crippen LogP contribution >= 0.6 is 0 Å². The van der Waals surface area contributed by atoms with Gasteiger partial charge in [0.05, 0.1) is 11.6 Å². The van der Waals surface area contributed by atoms with E-state index < -0.39 is 6.10 Å². The lowest BCUT2D eigenvalue weighted by Crippen LogP contribution is -2.28. The minimum absolute atomic E-state index is 0.115. The maximum Gasteiger partial charge on any atom is 0.271 e. The molecule has 2 N–H and O–H groups in total. The highest BCUT2D eigenvalue weighted by Gasteiger charge is 2.32. The van der Waals surface area contributed by atoms with Crippen molar-refractivity contribution in [2.24, 2.45) is 0 Å². The van der Waals surface area contributed by atoms with Crippen molar-refractivity contribution in [2.75, 3.05) is 6.54 Å². The topological polar surface area (TPSA) is 67.2 Å². The van der Waals surface area contributed by atoms with Crippen LogP contribution in [-0.4, -0.2) is 33.4 Å². The van der Waals surface area contributed by atoms with E-state index in [0.717, 1.165) is 5.69 Å². The van der Waals surface area contributed by atoms with Gasteiger partial charge in [-0.25, -0.2) is 0 Å². The SMILES string of the molecule is CC(O)CCNC(=O)c1cc(C2CC2)n(C(C)(C)C)n1. The zero-order valence-electron chi connectivity index (χ0n) is 12.8. The zero-order valence-corrected chi connectivity index (χ0v) is 12.8. The smallest absolute Gasteiger partial charge is 0.271 e. The van der Waals surface area contributed by atoms with E-state index in [1.54, 1.807) is 6.92 Å². The Morgan fingerprint density at radius 3 is 2.70 bits per heavy atom. The van der Waals surface area contributed by atoms with Crippen LogP contribution in [0.2, 0.25) is 0 Å². The number of nitrogens with zero attached hydrogens (tertiary/aromatic N) is 2. The number of aliphatic hydroxyl groups is 1. The first kappa shape index (κ1) is 15.0. The van der Waals surface area contributed by atoms with Gasteiger partial charge in [-0.05, 0) is 53.0 Å². The molecule has 1 atom stereocenters. The molecule has 0 saturated heterocycles. The minimum atomic E-state index is -0.399. The molecule has 0 aliphatic heterocycles. The van der Waals surface area contributed by atoms with Crippen LogP contribution in [-0.2, 0) is 5.54 Å². The molecule has 1 heterocycles. The van der Waals surface area contributed by atoms with E-state index in [2.05, 4.69) is 31.2 Å². The lowest BCUT2D eigenvalue weighted by atomic mass is 10.1. The highest BCUT2D eigenvalue weighted by atomic mass is 16.3. The molecule has 20 heavy (non-hydrogen) atoms. The zero-order chi connectivity index (χ0) is 14.9. The maximum atomic E-state index is 12.1. The van der Waals surface area contributed by atoms with Gasteiger partial charge in [0.1, 0.15) is 5.69 Å². The van der Waals surface area contributed by atoms with Gasteiger partial charge in [-0.15, -0.1) is 0 Å². The molecule has 1 aliphatic rings. The van der Waals surface area contributed by atoms with Crippen molar-refractivity contribution >= 4 is 5.91 Å². The number of hydrogen-bond acceptors (Lipinski definition) is 3. The number of aliphatic hydroxyl groups excluding tert-OH is 1. The number of carbonyl (C=O) groups is 1. The molecule has 2 rings (SSSR count). The number of rotatable bonds is 5. The van der Waals surface area contributed by atoms with Gasteiger partial charge in [-0.2, -0.15) is 5.10 Å². The van der Waals surface area contributed by atoms with E-state index in [1.807, 2.05) is 10.7 Å². The van der Waals surface area contributed by atoms with Gasteiger partial charge >= 0.3 is 0 Å². The lowest BCUT2D eigenvalue weighted by Gasteiger charge is -2.22. The largest absolute Gasteiger partial charge is 0.393 e. The molecule has 0 bridgehead atoms. The van der Waals surface area contributed by atoms with Crippen LogP contribution in [0.15, 0.2) is 6.07 Å². The number of amides is 1. The predicted molar refractivity (Wildman–Crippen MR) is 77.8 cm³/mol. The molecule has 1 unspecified atom stereocenters. The van der Waals surface area contributed by atoms with Crippen molar-refractivity contribution in [2.45, 2.75) is 64.5 Å². The summed E-state index contributed by atoms with van der Waals surface area (Å²) in [4.78, 5) is 12.1. The third kappa shape index (κ3) is 3.60. The van der Waals surface area contributed by atoms with Crippen molar-refractivity contribution in [1.29, 1.82) is 0 Å². The Balaban J connectivity index is 2.10. The van der Waals surface area contributed by atoms with Crippen LogP contribution in [0.4, 0.5) is 0 Å². The third-order valence-electron chi connectivity index (χ3n) is 3.45. The molecular weight excluding hydrogens is 254 g/mol. The highest BCUT2D eigenvalue weighted by molar-refractivity contribution is 5.92. The second kappa shape index (κ2) is 5.56. The van der Waals surface area contributed by atoms with Crippen LogP contribution < -0.4 is 5.32 Å². The molecule has 5 nitrogen and oxygen atoms in total. The molecule has 0 spiro atoms. The summed E-state index contributed by atoms with van der Waals surface area (Å²) in [7, 11) is 0. The summed E-state index contributed by atoms with van der Waals surface area (Å²) >= 11 is 0. The Morgan fingerprint density at radius 1 is 1.55 bits per heavy atom. The van der Waals surface area contributed by atoms with Gasteiger partial charge in [-0.1, -0.05) is 0 Å². The average Bonchev–Trinajstić information content (AvgIpc) is 3.05. The number of nitrogens with one attached hydrogen (secondary N) is 1. The Bertz CT molecular complexity index is 482. The summed E-state index contributed by atoms with van der Waals surface area (Å²) in [5.41, 5.74) is 1.53. The molecular formula is C15H25N3O2. The molecule has 112 valence electrons. The fourth-order valence-electron chi connectivity index (χ4n) is 2.20. The van der Waals surface area contributed by atoms with Crippen LogP contribution in [0.3, 0.4) is 0 Å². The highest BCUT2D eigenvalue weighted by Crippen LogP contribution is 2.41. The van der Waals surface area contributed by atoms with Gasteiger partial charge < -0.3 is 10.4 Å². The van der Waals surface area contributed by atoms with Gasteiger partial charge in [0.25, 0.3) is 5.91 Å². The second-order valence-corrected chi connectivity index (χ2v) is 6.70. The molecule has 0 radical (unpaired) electrons. The van der Waals surface area contributed by atoms with Gasteiger partial charge in [0, 0.05) is 18.2 Å². The Hall–Kier alpha value is -1.36. The Morgan fingerprint density at radius 2 is 2.20 bits per heavy atom. The van der Waals surface area contributed by atoms with Crippen LogP contribution in [0.5, 0.6) is 0 Å². The minimum Gasteiger partial charge on any atom is -0.393 e. The first-order chi connectivity index (χ1) is 9.29. The maximum absolute atomic E-state index is 12.1. The number of hydrogen-bond donors (Lipinski definition) is 2. The standard InChI is InChI=1S/C15H25N3O2/c1-10(19)7-8-16-14(20)12-9-13(11-5-6-11)18(17-12)15(2,3)4/h9-11,19H,5-8H2,1-4H3,(H,16,20). The molecule has 0 aromatic carbocycles. The third-order valence-corrected chi connectivity index (χ3v) is 3.45. The first-order valence-corrected chi connectivity index (χ1v) is 7.35. The van der Waals surface area contributed by atoms with Gasteiger partial charge in [0.2, 0.25) is 0 Å². The summed E-state index contributed by atoms with van der Waals surface area (Å²) in [5, 5.41) is 16.5. The fourth-order valence-corrected chi connectivity index (χ4v) is 2.20. The average molecular weight is 279 g/mol. The van der Waals surface area contributed by atoms with Crippen molar-refractivity contribution in [3.8, 4) is 0 Å². The Kier molecular flexibility index (Phi) is 4.18. The van der Waals surface area contributed by atoms with Crippen molar-refractivity contribution < 1.29 is 9.90 Å². The molecule has 5 heteroatoms. The summed E-state index contributed by atoms with van der Waals surface area (Å²) in [6, 6.07) is 1.92. The van der Waals surface area contributed by atoms with Crippen molar-refractivity contribution in [3.05, 3.63) is 17.5 Å².